The second-order valence-electron chi connectivity index (χ2n) is 11.6. The van der Waals surface area contributed by atoms with Crippen molar-refractivity contribution in [2.24, 2.45) is 23.7 Å². The molecule has 1 aliphatic heterocycles. The van der Waals surface area contributed by atoms with E-state index in [1.54, 1.807) is 0 Å². The molecule has 5 fully saturated rings. The maximum absolute atomic E-state index is 13.3. The Morgan fingerprint density at radius 2 is 1.70 bits per heavy atom. The highest BCUT2D eigenvalue weighted by atomic mass is 16.2. The van der Waals surface area contributed by atoms with Crippen LogP contribution in [-0.4, -0.2) is 48.1 Å². The molecule has 1 aromatic carbocycles. The summed E-state index contributed by atoms with van der Waals surface area (Å²) in [6, 6.07) is 7.54. The van der Waals surface area contributed by atoms with E-state index in [0.29, 0.717) is 12.5 Å². The number of piperidine rings is 1. The van der Waals surface area contributed by atoms with Gasteiger partial charge >= 0.3 is 6.03 Å². The molecular weight excluding hydrogens is 412 g/mol. The van der Waals surface area contributed by atoms with Crippen LogP contribution >= 0.6 is 0 Å². The third kappa shape index (κ3) is 5.21. The molecule has 1 heterocycles. The number of urea groups is 1. The van der Waals surface area contributed by atoms with Gasteiger partial charge in [0.2, 0.25) is 5.91 Å². The molecule has 0 unspecified atom stereocenters. The van der Waals surface area contributed by atoms with E-state index in [4.69, 9.17) is 0 Å². The zero-order valence-electron chi connectivity index (χ0n) is 20.2. The second kappa shape index (κ2) is 9.28. The maximum atomic E-state index is 13.3. The summed E-state index contributed by atoms with van der Waals surface area (Å²) in [5.41, 5.74) is 2.05. The van der Waals surface area contributed by atoms with Crippen LogP contribution in [0.5, 0.6) is 0 Å². The molecule has 0 radical (unpaired) electrons. The molecule has 1 saturated heterocycles. The monoisotopic (exact) mass is 452 g/mol. The average molecular weight is 453 g/mol. The average Bonchev–Trinajstić information content (AvgIpc) is 2.78. The first kappa shape index (κ1) is 22.7. The summed E-state index contributed by atoms with van der Waals surface area (Å²) >= 11 is 0. The standard InChI is InChI=1S/C27H40N4O2/c1-18-5-7-24(8-6-18)29-26(33)28-16-20-4-3-9-31(17-20)19(2)25(32)30-27-13-21-10-22(14-27)12-23(11-21)15-27/h5-8,19-23H,3-4,9-17H2,1-2H3,(H,30,32)(H2,28,29,33)/t19-,20-,21?,22?,23?,27?/m0/s1. The van der Waals surface area contributed by atoms with Crippen molar-refractivity contribution in [1.29, 1.82) is 0 Å². The van der Waals surface area contributed by atoms with Crippen LogP contribution in [0.3, 0.4) is 0 Å². The highest BCUT2D eigenvalue weighted by Gasteiger charge is 2.51. The molecule has 3 amide bonds. The van der Waals surface area contributed by atoms with Gasteiger partial charge in [-0.2, -0.15) is 0 Å². The van der Waals surface area contributed by atoms with Crippen molar-refractivity contribution in [2.75, 3.05) is 25.0 Å². The first-order valence-electron chi connectivity index (χ1n) is 13.0. The second-order valence-corrected chi connectivity index (χ2v) is 11.6. The molecular formula is C27H40N4O2. The minimum Gasteiger partial charge on any atom is -0.349 e. The quantitative estimate of drug-likeness (QED) is 0.602. The molecule has 4 saturated carbocycles. The molecule has 33 heavy (non-hydrogen) atoms. The number of carbonyl (C=O) groups excluding carboxylic acids is 2. The number of hydrogen-bond acceptors (Lipinski definition) is 3. The molecule has 0 spiro atoms. The van der Waals surface area contributed by atoms with Crippen LogP contribution in [0.25, 0.3) is 0 Å². The number of amides is 3. The van der Waals surface area contributed by atoms with Gasteiger partial charge in [0.25, 0.3) is 0 Å². The number of hydrogen-bond donors (Lipinski definition) is 3. The van der Waals surface area contributed by atoms with E-state index in [9.17, 15) is 9.59 Å². The predicted molar refractivity (Wildman–Crippen MR) is 131 cm³/mol. The highest BCUT2D eigenvalue weighted by Crippen LogP contribution is 2.55. The Kier molecular flexibility index (Phi) is 6.39. The summed E-state index contributed by atoms with van der Waals surface area (Å²) in [6.07, 6.45) is 9.92. The maximum Gasteiger partial charge on any atom is 0.319 e. The number of carbonyl (C=O) groups is 2. The first-order valence-corrected chi connectivity index (χ1v) is 13.0. The molecule has 1 aromatic rings. The van der Waals surface area contributed by atoms with Gasteiger partial charge < -0.3 is 16.0 Å². The number of benzene rings is 1. The zero-order chi connectivity index (χ0) is 23.0. The Labute approximate surface area is 198 Å². The van der Waals surface area contributed by atoms with E-state index < -0.39 is 0 Å². The summed E-state index contributed by atoms with van der Waals surface area (Å²) in [7, 11) is 0. The number of nitrogens with one attached hydrogen (secondary N) is 3. The molecule has 180 valence electrons. The molecule has 6 nitrogen and oxygen atoms in total. The first-order chi connectivity index (χ1) is 15.9. The van der Waals surface area contributed by atoms with Gasteiger partial charge in [-0.1, -0.05) is 17.7 Å². The Morgan fingerprint density at radius 1 is 1.06 bits per heavy atom. The number of likely N-dealkylation sites (tertiary alicyclic amines) is 1. The van der Waals surface area contributed by atoms with Crippen molar-refractivity contribution in [3.05, 3.63) is 29.8 Å². The lowest BCUT2D eigenvalue weighted by Crippen LogP contribution is -2.62. The van der Waals surface area contributed by atoms with Gasteiger partial charge in [0.15, 0.2) is 0 Å². The minimum absolute atomic E-state index is 0.0743. The van der Waals surface area contributed by atoms with E-state index in [-0.39, 0.29) is 23.5 Å². The van der Waals surface area contributed by atoms with Crippen LogP contribution in [0.4, 0.5) is 10.5 Å². The third-order valence-corrected chi connectivity index (χ3v) is 8.76. The Hall–Kier alpha value is -2.08. The SMILES string of the molecule is Cc1ccc(NC(=O)NC[C@@H]2CCCN([C@@H](C)C(=O)NC34CC5CC(CC(C5)C3)C4)C2)cc1. The topological polar surface area (TPSA) is 73.5 Å². The molecule has 4 aliphatic carbocycles. The number of nitrogens with zero attached hydrogens (tertiary/aromatic N) is 1. The molecule has 2 atom stereocenters. The summed E-state index contributed by atoms with van der Waals surface area (Å²) in [5, 5.41) is 9.49. The van der Waals surface area contributed by atoms with E-state index in [0.717, 1.165) is 49.4 Å². The third-order valence-electron chi connectivity index (χ3n) is 8.76. The van der Waals surface area contributed by atoms with Crippen LogP contribution < -0.4 is 16.0 Å². The summed E-state index contributed by atoms with van der Waals surface area (Å²) in [6.45, 7) is 6.55. The fraction of sp³-hybridized carbons (Fsp3) is 0.704. The van der Waals surface area contributed by atoms with Gasteiger partial charge in [-0.15, -0.1) is 0 Å². The van der Waals surface area contributed by atoms with Crippen LogP contribution in [0.2, 0.25) is 0 Å². The molecule has 6 heteroatoms. The number of aryl methyl sites for hydroxylation is 1. The largest absolute Gasteiger partial charge is 0.349 e. The lowest BCUT2D eigenvalue weighted by atomic mass is 9.53. The molecule has 3 N–H and O–H groups in total. The van der Waals surface area contributed by atoms with Gasteiger partial charge in [-0.25, -0.2) is 4.79 Å². The van der Waals surface area contributed by atoms with Gasteiger partial charge in [0.1, 0.15) is 0 Å². The Morgan fingerprint density at radius 3 is 2.33 bits per heavy atom. The summed E-state index contributed by atoms with van der Waals surface area (Å²) in [5.74, 6) is 3.09. The van der Waals surface area contributed by atoms with E-state index in [2.05, 4.69) is 27.8 Å². The fourth-order valence-corrected chi connectivity index (χ4v) is 7.46. The molecule has 4 bridgehead atoms. The van der Waals surface area contributed by atoms with Gasteiger partial charge in [-0.3, -0.25) is 9.69 Å². The molecule has 5 aliphatic rings. The van der Waals surface area contributed by atoms with Crippen LogP contribution in [-0.2, 0) is 4.79 Å². The van der Waals surface area contributed by atoms with E-state index in [1.165, 1.54) is 44.1 Å². The summed E-state index contributed by atoms with van der Waals surface area (Å²) in [4.78, 5) is 27.9. The zero-order valence-corrected chi connectivity index (χ0v) is 20.2. The molecule has 6 rings (SSSR count). The van der Waals surface area contributed by atoms with Gasteiger partial charge in [-0.05, 0) is 108 Å². The van der Waals surface area contributed by atoms with Crippen molar-refractivity contribution in [1.82, 2.24) is 15.5 Å². The smallest absolute Gasteiger partial charge is 0.319 e. The van der Waals surface area contributed by atoms with Crippen LogP contribution in [0.15, 0.2) is 24.3 Å². The molecule has 0 aromatic heterocycles. The Balaban J connectivity index is 1.10. The highest BCUT2D eigenvalue weighted by molar-refractivity contribution is 5.89. The van der Waals surface area contributed by atoms with E-state index in [1.807, 2.05) is 31.2 Å². The predicted octanol–water partition coefficient (Wildman–Crippen LogP) is 4.30. The Bertz CT molecular complexity index is 832. The van der Waals surface area contributed by atoms with Crippen molar-refractivity contribution in [3.63, 3.8) is 0 Å². The van der Waals surface area contributed by atoms with Crippen molar-refractivity contribution in [3.8, 4) is 0 Å². The number of rotatable bonds is 6. The lowest BCUT2D eigenvalue weighted by molar-refractivity contribution is -0.132. The van der Waals surface area contributed by atoms with Crippen molar-refractivity contribution < 1.29 is 9.59 Å². The van der Waals surface area contributed by atoms with Crippen LogP contribution in [0.1, 0.15) is 63.9 Å². The van der Waals surface area contributed by atoms with Gasteiger partial charge in [0, 0.05) is 24.3 Å². The van der Waals surface area contributed by atoms with Gasteiger partial charge in [0.05, 0.1) is 6.04 Å². The van der Waals surface area contributed by atoms with Crippen molar-refractivity contribution in [2.45, 2.75) is 76.8 Å². The fourth-order valence-electron chi connectivity index (χ4n) is 7.46. The number of anilines is 1. The minimum atomic E-state index is -0.163. The van der Waals surface area contributed by atoms with Crippen molar-refractivity contribution >= 4 is 17.6 Å². The normalized spacial score (nSPS) is 34.0. The van der Waals surface area contributed by atoms with Crippen LogP contribution in [0, 0.1) is 30.6 Å². The lowest BCUT2D eigenvalue weighted by Gasteiger charge is -2.57. The summed E-state index contributed by atoms with van der Waals surface area (Å²) < 4.78 is 0. The van der Waals surface area contributed by atoms with E-state index >= 15 is 0 Å².